The lowest BCUT2D eigenvalue weighted by Gasteiger charge is -2.38. The number of rotatable bonds is 9. The summed E-state index contributed by atoms with van der Waals surface area (Å²) in [5.41, 5.74) is -2.21. The van der Waals surface area contributed by atoms with Crippen LogP contribution in [0.1, 0.15) is 141 Å². The number of aromatic nitrogens is 1. The lowest BCUT2D eigenvalue weighted by molar-refractivity contribution is -0.160. The molecule has 22 heteroatoms. The summed E-state index contributed by atoms with van der Waals surface area (Å²) in [4.78, 5) is 115. The Labute approximate surface area is 485 Å². The number of carbonyl (C=O) groups is 7. The van der Waals surface area contributed by atoms with Gasteiger partial charge in [0.05, 0.1) is 64.8 Å². The molecule has 21 nitrogen and oxygen atoms in total. The van der Waals surface area contributed by atoms with E-state index in [1.807, 2.05) is 4.57 Å². The van der Waals surface area contributed by atoms with Crippen LogP contribution in [0.15, 0.2) is 64.6 Å². The molecule has 7 aliphatic rings. The number of aliphatic hydroxyl groups is 2. The molecule has 0 radical (unpaired) electrons. The second-order valence-corrected chi connectivity index (χ2v) is 23.4. The quantitative estimate of drug-likeness (QED) is 0.120. The summed E-state index contributed by atoms with van der Waals surface area (Å²) in [6.45, 7) is 14.0. The highest BCUT2D eigenvalue weighted by atomic mass is 19.1. The van der Waals surface area contributed by atoms with Crippen molar-refractivity contribution in [2.75, 3.05) is 45.3 Å². The standard InChI is InChI=1S/C62H74FN5O16/c1-28-13-12-14-29(2)60(78)65-46-49(66-21-17-36(18-22-66)61(79)64-37-19-23-67(26-37)48-41(63)25-39-47(58(48)81-11)68(38-15-16-38)27-40(34(7)69)53(39)74)55(76)43-44(54(46)75)52(73)33(6)57-45(43)59(77)62(9,84-57)82-24-20-42(80-10)30(3)56(83-35(8)70)32(5)51(72)31(4)50(28)71/h12-14,20,24-25,27-28,30-32,36-38,42,50-51,56,71-73H,15-19,21-23,26H2,1-11H3,(H,64,79)(H,65,78)/b13-12+,24-20+,29-14-/t28-,30+,31+,32+,37?,42-,50-,51+,56+,62-/m0/s1. The number of carbonyl (C=O) groups excluding carboxylic acids is 7. The fraction of sp³-hybridized carbons (Fsp3) is 0.516. The van der Waals surface area contributed by atoms with Gasteiger partial charge < -0.3 is 64.0 Å². The van der Waals surface area contributed by atoms with Crippen LogP contribution in [0.5, 0.6) is 17.2 Å². The maximum Gasteiger partial charge on any atom is 0.312 e. The predicted molar refractivity (Wildman–Crippen MR) is 304 cm³/mol. The number of methoxy groups -OCH3 is 2. The number of anilines is 1. The molecule has 2 aliphatic carbocycles. The van der Waals surface area contributed by atoms with E-state index in [2.05, 4.69) is 10.6 Å². The fourth-order valence-corrected chi connectivity index (χ4v) is 12.6. The van der Waals surface area contributed by atoms with Gasteiger partial charge in [-0.15, -0.1) is 0 Å². The summed E-state index contributed by atoms with van der Waals surface area (Å²) in [6, 6.07) is 0.723. The van der Waals surface area contributed by atoms with Crippen molar-refractivity contribution in [1.82, 2.24) is 20.1 Å². The first kappa shape index (κ1) is 60.9. The monoisotopic (exact) mass is 1160 g/mol. The van der Waals surface area contributed by atoms with Gasteiger partial charge in [0.1, 0.15) is 34.7 Å². The van der Waals surface area contributed by atoms with E-state index >= 15 is 14.0 Å². The van der Waals surface area contributed by atoms with Crippen LogP contribution in [0.3, 0.4) is 0 Å². The van der Waals surface area contributed by atoms with Gasteiger partial charge in [0, 0.05) is 106 Å². The number of Topliss-reactive ketones (excluding diaryl/α,β-unsaturated/α-hetero) is 4. The number of aliphatic hydroxyl groups excluding tert-OH is 2. The molecule has 5 N–H and O–H groups in total. The van der Waals surface area contributed by atoms with Crippen molar-refractivity contribution in [2.24, 2.45) is 29.6 Å². The molecular weight excluding hydrogens is 1090 g/mol. The minimum absolute atomic E-state index is 0.00714. The number of benzene rings is 2. The van der Waals surface area contributed by atoms with Gasteiger partial charge in [0.2, 0.25) is 17.5 Å². The summed E-state index contributed by atoms with van der Waals surface area (Å²) in [5, 5.41) is 40.8. The first-order chi connectivity index (χ1) is 39.7. The molecular formula is C62H74FN5O16. The number of phenols is 1. The normalized spacial score (nSPS) is 29.5. The van der Waals surface area contributed by atoms with Crippen LogP contribution in [-0.4, -0.2) is 142 Å². The molecule has 10 atom stereocenters. The zero-order valence-corrected chi connectivity index (χ0v) is 49.1. The van der Waals surface area contributed by atoms with Gasteiger partial charge in [-0.3, -0.25) is 38.4 Å². The number of amides is 2. The highest BCUT2D eigenvalue weighted by molar-refractivity contribution is 6.32. The van der Waals surface area contributed by atoms with Crippen molar-refractivity contribution in [3.05, 3.63) is 104 Å². The minimum Gasteiger partial charge on any atom is -0.507 e. The molecule has 84 heavy (non-hydrogen) atoms. The number of hydrogen-bond donors (Lipinski definition) is 5. The van der Waals surface area contributed by atoms with Crippen LogP contribution in [-0.2, 0) is 28.6 Å². The molecule has 2 amide bonds. The number of ketones is 4. The number of piperidine rings is 1. The van der Waals surface area contributed by atoms with Gasteiger partial charge in [0.15, 0.2) is 22.8 Å². The molecule has 1 saturated carbocycles. The number of halogens is 1. The van der Waals surface area contributed by atoms with Crippen LogP contribution in [0.2, 0.25) is 0 Å². The zero-order valence-electron chi connectivity index (χ0n) is 49.1. The number of ether oxygens (including phenoxy) is 5. The van der Waals surface area contributed by atoms with Crippen molar-refractivity contribution in [3.8, 4) is 17.2 Å². The van der Waals surface area contributed by atoms with E-state index in [1.54, 1.807) is 43.6 Å². The van der Waals surface area contributed by atoms with Gasteiger partial charge in [-0.25, -0.2) is 4.39 Å². The summed E-state index contributed by atoms with van der Waals surface area (Å²) >= 11 is 0. The third-order valence-electron chi connectivity index (χ3n) is 17.7. The maximum atomic E-state index is 16.3. The Balaban J connectivity index is 1.01. The predicted octanol–water partition coefficient (Wildman–Crippen LogP) is 6.07. The van der Waals surface area contributed by atoms with Gasteiger partial charge in [-0.2, -0.15) is 0 Å². The van der Waals surface area contributed by atoms with Crippen LogP contribution in [0, 0.1) is 42.3 Å². The van der Waals surface area contributed by atoms with E-state index in [0.29, 0.717) is 18.5 Å². The summed E-state index contributed by atoms with van der Waals surface area (Å²) in [7, 11) is 2.80. The van der Waals surface area contributed by atoms with Crippen LogP contribution in [0.25, 0.3) is 10.9 Å². The first-order valence-corrected chi connectivity index (χ1v) is 28.5. The molecule has 6 heterocycles. The molecule has 450 valence electrons. The largest absolute Gasteiger partial charge is 0.507 e. The Morgan fingerprint density at radius 2 is 1.54 bits per heavy atom. The van der Waals surface area contributed by atoms with E-state index in [1.165, 1.54) is 73.3 Å². The second-order valence-electron chi connectivity index (χ2n) is 23.4. The van der Waals surface area contributed by atoms with E-state index in [-0.39, 0.29) is 95.0 Å². The number of pyridine rings is 1. The number of fused-ring (bicyclic) bond motifs is 15. The lowest BCUT2D eigenvalue weighted by atomic mass is 9.78. The summed E-state index contributed by atoms with van der Waals surface area (Å²) in [6.07, 6.45) is 6.96. The maximum absolute atomic E-state index is 16.3. The molecule has 0 spiro atoms. The molecule has 10 rings (SSSR count). The van der Waals surface area contributed by atoms with Gasteiger partial charge >= 0.3 is 11.8 Å². The van der Waals surface area contributed by atoms with Gasteiger partial charge in [-0.1, -0.05) is 45.9 Å². The number of hydrogen-bond acceptors (Lipinski definition) is 18. The third-order valence-corrected chi connectivity index (χ3v) is 17.7. The van der Waals surface area contributed by atoms with Crippen molar-refractivity contribution in [2.45, 2.75) is 137 Å². The highest BCUT2D eigenvalue weighted by Crippen LogP contribution is 2.50. The average molecular weight is 1160 g/mol. The molecule has 3 fully saturated rings. The molecule has 1 unspecified atom stereocenters. The number of phenolic OH excluding ortho intramolecular Hbond substituents is 1. The second kappa shape index (κ2) is 23.8. The third kappa shape index (κ3) is 11.0. The molecule has 2 aromatic carbocycles. The molecule has 5 aliphatic heterocycles. The number of nitrogens with zero attached hydrogens (tertiary/aromatic N) is 3. The highest BCUT2D eigenvalue weighted by Gasteiger charge is 2.53. The zero-order chi connectivity index (χ0) is 61.1. The van der Waals surface area contributed by atoms with Crippen molar-refractivity contribution >= 4 is 57.5 Å². The van der Waals surface area contributed by atoms with Gasteiger partial charge in [-0.05, 0) is 65.0 Å². The molecule has 3 aromatic rings. The lowest BCUT2D eigenvalue weighted by Crippen LogP contribution is -2.47. The van der Waals surface area contributed by atoms with E-state index in [4.69, 9.17) is 23.7 Å². The SMILES string of the molecule is COc1c(N2CCC(NC(=O)C3CCN(C4=C5NC(=O)/C(C)=C\C=C\[C@H](C)[C@H](O)[C@@H](C)[C@@H](O)[C@@H](C)[C@H](OC(C)=O)[C@H](C)[C@@H](OC)/C=C/O[C@@]6(C)Oc7c(C)c(O)c(c(c7C6=O)C4=O)C5=O)CC3)C2)c(F)cc2c(=O)c(C(C)=O)cn(C3CC3)c12. The van der Waals surface area contributed by atoms with Crippen LogP contribution < -0.4 is 30.4 Å². The number of aromatic hydroxyl groups is 1. The first-order valence-electron chi connectivity index (χ1n) is 28.5. The van der Waals surface area contributed by atoms with E-state index < -0.39 is 135 Å². The number of likely N-dealkylation sites (tertiary alicyclic amines) is 1. The summed E-state index contributed by atoms with van der Waals surface area (Å²) < 4.78 is 47.7. The summed E-state index contributed by atoms with van der Waals surface area (Å²) in [5.74, 6) is -11.9. The van der Waals surface area contributed by atoms with E-state index in [9.17, 15) is 44.1 Å². The van der Waals surface area contributed by atoms with Crippen molar-refractivity contribution < 1.29 is 77.0 Å². The minimum atomic E-state index is -2.18. The van der Waals surface area contributed by atoms with Crippen LogP contribution >= 0.6 is 0 Å². The number of nitrogens with one attached hydrogen (secondary N) is 2. The number of esters is 1. The Morgan fingerprint density at radius 1 is 0.857 bits per heavy atom. The van der Waals surface area contributed by atoms with E-state index in [0.717, 1.165) is 25.2 Å². The molecule has 2 saturated heterocycles. The van der Waals surface area contributed by atoms with Gasteiger partial charge in [0.25, 0.3) is 11.7 Å². The number of allylic oxidation sites excluding steroid dienone is 4. The van der Waals surface area contributed by atoms with Crippen molar-refractivity contribution in [3.63, 3.8) is 0 Å². The Bertz CT molecular complexity index is 3440. The fourth-order valence-electron chi connectivity index (χ4n) is 12.6. The topological polar surface area (TPSA) is 279 Å². The Morgan fingerprint density at radius 3 is 2.17 bits per heavy atom. The Kier molecular flexibility index (Phi) is 17.2. The van der Waals surface area contributed by atoms with Crippen LogP contribution in [0.4, 0.5) is 10.1 Å². The molecule has 1 aromatic heterocycles. The molecule has 5 bridgehead atoms. The average Bonchev–Trinajstić information content (AvgIpc) is 1.44. The Hall–Kier alpha value is -7.69. The van der Waals surface area contributed by atoms with Crippen molar-refractivity contribution in [1.29, 1.82) is 0 Å². The smallest absolute Gasteiger partial charge is 0.312 e.